The van der Waals surface area contributed by atoms with Crippen molar-refractivity contribution in [1.29, 1.82) is 0 Å². The van der Waals surface area contributed by atoms with Crippen LogP contribution in [0.25, 0.3) is 22.3 Å². The van der Waals surface area contributed by atoms with Crippen molar-refractivity contribution in [2.24, 2.45) is 0 Å². The fourth-order valence-electron chi connectivity index (χ4n) is 5.01. The van der Waals surface area contributed by atoms with Crippen molar-refractivity contribution >= 4 is 34.4 Å². The molecule has 0 radical (unpaired) electrons. The van der Waals surface area contributed by atoms with Gasteiger partial charge in [-0.1, -0.05) is 24.2 Å². The number of carbonyl (C=O) groups is 1. The minimum atomic E-state index is -0.504. The van der Waals surface area contributed by atoms with E-state index >= 15 is 0 Å². The lowest BCUT2D eigenvalue weighted by molar-refractivity contribution is -0.126. The van der Waals surface area contributed by atoms with Gasteiger partial charge in [-0.25, -0.2) is 9.37 Å². The molecule has 0 N–H and O–H groups in total. The van der Waals surface area contributed by atoms with Crippen LogP contribution in [0.1, 0.15) is 12.8 Å². The predicted molar refractivity (Wildman–Crippen MR) is 144 cm³/mol. The van der Waals surface area contributed by atoms with E-state index in [2.05, 4.69) is 33.4 Å². The molecule has 1 unspecified atom stereocenters. The third-order valence-electron chi connectivity index (χ3n) is 7.17. The average Bonchev–Trinajstić information content (AvgIpc) is 3.35. The molecule has 11 heteroatoms. The van der Waals surface area contributed by atoms with Crippen molar-refractivity contribution in [3.05, 3.63) is 47.8 Å². The van der Waals surface area contributed by atoms with Crippen molar-refractivity contribution in [3.8, 4) is 23.0 Å². The highest BCUT2D eigenvalue weighted by molar-refractivity contribution is 6.34. The number of fused-ring (bicyclic) bond motifs is 1. The summed E-state index contributed by atoms with van der Waals surface area (Å²) in [4.78, 5) is 32.2. The first-order valence-corrected chi connectivity index (χ1v) is 13.0. The first kappa shape index (κ1) is 26.1. The molecule has 4 heterocycles. The van der Waals surface area contributed by atoms with E-state index in [0.717, 1.165) is 19.4 Å². The molecule has 2 fully saturated rings. The van der Waals surface area contributed by atoms with Crippen molar-refractivity contribution in [1.82, 2.24) is 24.8 Å². The molecule has 9 nitrogen and oxygen atoms in total. The minimum Gasteiger partial charge on any atom is -0.496 e. The molecule has 200 valence electrons. The molecule has 0 saturated carbocycles. The summed E-state index contributed by atoms with van der Waals surface area (Å²) in [5.41, 5.74) is 0.717. The van der Waals surface area contributed by atoms with Crippen molar-refractivity contribution in [2.75, 3.05) is 58.4 Å². The van der Waals surface area contributed by atoms with Gasteiger partial charge in [0.25, 0.3) is 0 Å². The summed E-state index contributed by atoms with van der Waals surface area (Å²) in [6, 6.07) is 6.73. The SMILES string of the molecule is C=CC(=O)N1CCN(c2nc(OCC3CCCN3C)nc3nc(-c4c(F)cccc4OC)c(Cl)cc23)CC1. The van der Waals surface area contributed by atoms with Gasteiger partial charge in [-0.05, 0) is 50.7 Å². The number of amides is 1. The Morgan fingerprint density at radius 2 is 2.00 bits per heavy atom. The number of hydrogen-bond donors (Lipinski definition) is 0. The van der Waals surface area contributed by atoms with Crippen LogP contribution in [0, 0.1) is 5.82 Å². The number of hydrogen-bond acceptors (Lipinski definition) is 8. The van der Waals surface area contributed by atoms with E-state index in [4.69, 9.17) is 26.1 Å². The second-order valence-corrected chi connectivity index (χ2v) is 9.85. The zero-order valence-corrected chi connectivity index (χ0v) is 22.2. The summed E-state index contributed by atoms with van der Waals surface area (Å²) in [6.45, 7) is 7.20. The molecule has 3 aromatic rings. The number of ether oxygens (including phenoxy) is 2. The zero-order chi connectivity index (χ0) is 26.8. The van der Waals surface area contributed by atoms with Gasteiger partial charge in [0.15, 0.2) is 5.65 Å². The van der Waals surface area contributed by atoms with E-state index < -0.39 is 5.82 Å². The molecule has 2 aliphatic rings. The molecule has 0 spiro atoms. The fourth-order valence-corrected chi connectivity index (χ4v) is 5.25. The molecule has 38 heavy (non-hydrogen) atoms. The van der Waals surface area contributed by atoms with Gasteiger partial charge < -0.3 is 24.2 Å². The fraction of sp³-hybridized carbons (Fsp3) is 0.407. The van der Waals surface area contributed by atoms with Crippen LogP contribution >= 0.6 is 11.6 Å². The molecule has 1 atom stereocenters. The highest BCUT2D eigenvalue weighted by atomic mass is 35.5. The van der Waals surface area contributed by atoms with Crippen LogP contribution < -0.4 is 14.4 Å². The van der Waals surface area contributed by atoms with Gasteiger partial charge >= 0.3 is 6.01 Å². The van der Waals surface area contributed by atoms with E-state index in [1.165, 1.54) is 19.3 Å². The summed E-state index contributed by atoms with van der Waals surface area (Å²) >= 11 is 6.68. The maximum absolute atomic E-state index is 14.9. The number of methoxy groups -OCH3 is 1. The van der Waals surface area contributed by atoms with Crippen LogP contribution in [-0.2, 0) is 4.79 Å². The highest BCUT2D eigenvalue weighted by Gasteiger charge is 2.26. The van der Waals surface area contributed by atoms with Gasteiger partial charge in [-0.3, -0.25) is 4.79 Å². The Hall–Kier alpha value is -3.50. The number of likely N-dealkylation sites (tertiary alicyclic amines) is 1. The number of likely N-dealkylation sites (N-methyl/N-ethyl adjacent to an activating group) is 1. The number of benzene rings is 1. The Labute approximate surface area is 225 Å². The van der Waals surface area contributed by atoms with Gasteiger partial charge in [-0.15, -0.1) is 0 Å². The Kier molecular flexibility index (Phi) is 7.62. The normalized spacial score (nSPS) is 18.2. The summed E-state index contributed by atoms with van der Waals surface area (Å²) in [7, 11) is 3.55. The monoisotopic (exact) mass is 540 g/mol. The number of pyridine rings is 1. The second kappa shape index (κ2) is 11.1. The zero-order valence-electron chi connectivity index (χ0n) is 21.5. The molecule has 2 aromatic heterocycles. The molecule has 0 aliphatic carbocycles. The van der Waals surface area contributed by atoms with Crippen molar-refractivity contribution in [3.63, 3.8) is 0 Å². The highest BCUT2D eigenvalue weighted by Crippen LogP contribution is 2.38. The maximum atomic E-state index is 14.9. The number of halogens is 2. The maximum Gasteiger partial charge on any atom is 0.320 e. The third-order valence-corrected chi connectivity index (χ3v) is 7.46. The lowest BCUT2D eigenvalue weighted by Gasteiger charge is -2.35. The lowest BCUT2D eigenvalue weighted by atomic mass is 10.1. The minimum absolute atomic E-state index is 0.102. The Morgan fingerprint density at radius 1 is 1.21 bits per heavy atom. The quantitative estimate of drug-likeness (QED) is 0.418. The van der Waals surface area contributed by atoms with E-state index in [-0.39, 0.29) is 34.2 Å². The molecular formula is C27H30ClFN6O3. The summed E-state index contributed by atoms with van der Waals surface area (Å²) in [6.07, 6.45) is 3.49. The summed E-state index contributed by atoms with van der Waals surface area (Å²) in [5, 5.41) is 0.857. The smallest absolute Gasteiger partial charge is 0.320 e. The van der Waals surface area contributed by atoms with Crippen LogP contribution in [0.2, 0.25) is 5.02 Å². The number of anilines is 1. The largest absolute Gasteiger partial charge is 0.496 e. The molecular weight excluding hydrogens is 511 g/mol. The Balaban J connectivity index is 1.56. The van der Waals surface area contributed by atoms with E-state index in [9.17, 15) is 9.18 Å². The van der Waals surface area contributed by atoms with E-state index in [1.54, 1.807) is 23.1 Å². The molecule has 2 saturated heterocycles. The van der Waals surface area contributed by atoms with Gasteiger partial charge in [-0.2, -0.15) is 9.97 Å². The standard InChI is InChI=1S/C27H30ClFN6O3/c1-4-22(36)34-11-13-35(14-12-34)26-18-15-19(28)24(23-20(29)8-5-9-21(23)37-3)30-25(18)31-27(32-26)38-16-17-7-6-10-33(17)2/h4-5,8-9,15,17H,1,6-7,10-14,16H2,2-3H3. The van der Waals surface area contributed by atoms with Gasteiger partial charge in [0.1, 0.15) is 24.0 Å². The van der Waals surface area contributed by atoms with Crippen LogP contribution in [0.3, 0.4) is 0 Å². The average molecular weight is 541 g/mol. The predicted octanol–water partition coefficient (Wildman–Crippen LogP) is 3.80. The topological polar surface area (TPSA) is 83.9 Å². The number of nitrogens with zero attached hydrogens (tertiary/aromatic N) is 6. The van der Waals surface area contributed by atoms with E-state index in [0.29, 0.717) is 55.4 Å². The molecule has 1 amide bonds. The third kappa shape index (κ3) is 5.10. The Bertz CT molecular complexity index is 1360. The van der Waals surface area contributed by atoms with Crippen LogP contribution in [0.15, 0.2) is 36.9 Å². The van der Waals surface area contributed by atoms with Gasteiger partial charge in [0, 0.05) is 32.2 Å². The number of rotatable bonds is 7. The van der Waals surface area contributed by atoms with Crippen LogP contribution in [0.5, 0.6) is 11.8 Å². The van der Waals surface area contributed by atoms with Crippen LogP contribution in [0.4, 0.5) is 10.2 Å². The van der Waals surface area contributed by atoms with Crippen molar-refractivity contribution < 1.29 is 18.7 Å². The first-order valence-electron chi connectivity index (χ1n) is 12.6. The Morgan fingerprint density at radius 3 is 2.68 bits per heavy atom. The molecule has 0 bridgehead atoms. The molecule has 5 rings (SSSR count). The summed E-state index contributed by atoms with van der Waals surface area (Å²) in [5.74, 6) is 0.319. The molecule has 2 aliphatic heterocycles. The summed E-state index contributed by atoms with van der Waals surface area (Å²) < 4.78 is 26.4. The second-order valence-electron chi connectivity index (χ2n) is 9.44. The first-order chi connectivity index (χ1) is 18.4. The lowest BCUT2D eigenvalue weighted by Crippen LogP contribution is -2.48. The van der Waals surface area contributed by atoms with Crippen molar-refractivity contribution in [2.45, 2.75) is 18.9 Å². The van der Waals surface area contributed by atoms with Crippen LogP contribution in [-0.4, -0.2) is 90.2 Å². The number of piperazine rings is 1. The molecule has 1 aromatic carbocycles. The van der Waals surface area contributed by atoms with E-state index in [1.807, 2.05) is 0 Å². The van der Waals surface area contributed by atoms with Gasteiger partial charge in [0.05, 0.1) is 28.8 Å². The van der Waals surface area contributed by atoms with Gasteiger partial charge in [0.2, 0.25) is 5.91 Å². The number of carbonyl (C=O) groups excluding carboxylic acids is 1. The number of aromatic nitrogens is 3.